The summed E-state index contributed by atoms with van der Waals surface area (Å²) in [5.74, 6) is 0.787. The van der Waals surface area contributed by atoms with Gasteiger partial charge in [0.2, 0.25) is 11.6 Å². The Morgan fingerprint density at radius 2 is 1.72 bits per heavy atom. The van der Waals surface area contributed by atoms with Crippen LogP contribution in [0.3, 0.4) is 0 Å². The highest BCUT2D eigenvalue weighted by Gasteiger charge is 2.26. The van der Waals surface area contributed by atoms with Crippen molar-refractivity contribution < 1.29 is 28.3 Å². The minimum atomic E-state index is -0.615. The normalized spacial score (nSPS) is 10.4. The Kier molecular flexibility index (Phi) is 6.13. The monoisotopic (exact) mass is 418 g/mol. The van der Waals surface area contributed by atoms with Crippen LogP contribution >= 0.6 is 11.6 Å². The highest BCUT2D eigenvalue weighted by atomic mass is 35.5. The number of hydrogen-bond donors (Lipinski definition) is 1. The number of hydrogen-bond acceptors (Lipinski definition) is 8. The highest BCUT2D eigenvalue weighted by molar-refractivity contribution is 6.30. The van der Waals surface area contributed by atoms with Gasteiger partial charge in [0, 0.05) is 28.4 Å². The molecule has 0 amide bonds. The van der Waals surface area contributed by atoms with Gasteiger partial charge in [0.25, 0.3) is 0 Å². The standard InChI is InChI=1S/C20H19ClN2O6/c1-25-14-9-13(10-15(26-2)18(14)27-3)22-19-16(20(24)28-4)17(23-29-19)11-6-5-7-12(21)8-11/h5-10,22H,1-4H3. The summed E-state index contributed by atoms with van der Waals surface area (Å²) < 4.78 is 26.3. The van der Waals surface area contributed by atoms with Crippen LogP contribution in [-0.4, -0.2) is 39.6 Å². The Balaban J connectivity index is 2.07. The quantitative estimate of drug-likeness (QED) is 0.558. The maximum atomic E-state index is 12.4. The minimum absolute atomic E-state index is 0.0982. The Labute approximate surface area is 172 Å². The molecule has 0 radical (unpaired) electrons. The van der Waals surface area contributed by atoms with Crippen LogP contribution in [0.15, 0.2) is 40.9 Å². The molecule has 0 aliphatic heterocycles. The summed E-state index contributed by atoms with van der Waals surface area (Å²) in [5, 5.41) is 7.54. The second kappa shape index (κ2) is 8.74. The molecule has 152 valence electrons. The van der Waals surface area contributed by atoms with Gasteiger partial charge in [-0.2, -0.15) is 0 Å². The molecule has 0 atom stereocenters. The molecule has 8 nitrogen and oxygen atoms in total. The number of ether oxygens (including phenoxy) is 4. The summed E-state index contributed by atoms with van der Waals surface area (Å²) in [6.07, 6.45) is 0. The fourth-order valence-corrected chi connectivity index (χ4v) is 2.97. The lowest BCUT2D eigenvalue weighted by Crippen LogP contribution is -2.05. The molecule has 0 fully saturated rings. The molecule has 0 saturated carbocycles. The van der Waals surface area contributed by atoms with E-state index in [1.165, 1.54) is 28.4 Å². The topological polar surface area (TPSA) is 92.1 Å². The van der Waals surface area contributed by atoms with Crippen molar-refractivity contribution in [2.24, 2.45) is 0 Å². The zero-order valence-corrected chi connectivity index (χ0v) is 17.0. The molecule has 0 saturated heterocycles. The van der Waals surface area contributed by atoms with Crippen molar-refractivity contribution in [1.82, 2.24) is 5.16 Å². The molecule has 9 heteroatoms. The van der Waals surface area contributed by atoms with E-state index >= 15 is 0 Å². The van der Waals surface area contributed by atoms with E-state index in [2.05, 4.69) is 10.5 Å². The molecule has 0 bridgehead atoms. The third kappa shape index (κ3) is 4.07. The molecule has 3 aromatic rings. The van der Waals surface area contributed by atoms with Gasteiger partial charge in [-0.1, -0.05) is 28.9 Å². The predicted molar refractivity (Wildman–Crippen MR) is 108 cm³/mol. The zero-order valence-electron chi connectivity index (χ0n) is 16.2. The van der Waals surface area contributed by atoms with E-state index in [0.29, 0.717) is 39.2 Å². The summed E-state index contributed by atoms with van der Waals surface area (Å²) >= 11 is 6.06. The van der Waals surface area contributed by atoms with Crippen LogP contribution in [0.5, 0.6) is 17.2 Å². The van der Waals surface area contributed by atoms with Gasteiger partial charge < -0.3 is 28.8 Å². The van der Waals surface area contributed by atoms with Crippen LogP contribution < -0.4 is 19.5 Å². The third-order valence-electron chi connectivity index (χ3n) is 4.10. The Morgan fingerprint density at radius 3 is 2.28 bits per heavy atom. The summed E-state index contributed by atoms with van der Waals surface area (Å²) in [6.45, 7) is 0. The molecule has 0 aliphatic rings. The fourth-order valence-electron chi connectivity index (χ4n) is 2.78. The van der Waals surface area contributed by atoms with Gasteiger partial charge in [0.1, 0.15) is 5.69 Å². The number of anilines is 2. The van der Waals surface area contributed by atoms with Gasteiger partial charge >= 0.3 is 5.97 Å². The number of carbonyl (C=O) groups excluding carboxylic acids is 1. The number of esters is 1. The zero-order chi connectivity index (χ0) is 21.0. The molecule has 1 aromatic heterocycles. The number of nitrogens with zero attached hydrogens (tertiary/aromatic N) is 1. The molecule has 1 heterocycles. The fraction of sp³-hybridized carbons (Fsp3) is 0.200. The van der Waals surface area contributed by atoms with Gasteiger partial charge in [-0.25, -0.2) is 4.79 Å². The van der Waals surface area contributed by atoms with E-state index in [1.54, 1.807) is 36.4 Å². The molecule has 0 unspecified atom stereocenters. The molecule has 3 rings (SSSR count). The van der Waals surface area contributed by atoms with E-state index in [9.17, 15) is 4.79 Å². The first-order chi connectivity index (χ1) is 14.0. The van der Waals surface area contributed by atoms with E-state index in [4.69, 9.17) is 35.1 Å². The summed E-state index contributed by atoms with van der Waals surface area (Å²) in [4.78, 5) is 12.4. The van der Waals surface area contributed by atoms with Crippen LogP contribution in [0.2, 0.25) is 5.02 Å². The second-order valence-corrected chi connectivity index (χ2v) is 6.21. The van der Waals surface area contributed by atoms with Crippen molar-refractivity contribution >= 4 is 29.1 Å². The molecular formula is C20H19ClN2O6. The van der Waals surface area contributed by atoms with Crippen molar-refractivity contribution in [3.05, 3.63) is 47.0 Å². The summed E-state index contributed by atoms with van der Waals surface area (Å²) in [5.41, 5.74) is 1.57. The van der Waals surface area contributed by atoms with Crippen LogP contribution in [0, 0.1) is 0 Å². The number of carbonyl (C=O) groups is 1. The number of benzene rings is 2. The maximum Gasteiger partial charge on any atom is 0.345 e. The van der Waals surface area contributed by atoms with Crippen molar-refractivity contribution in [3.63, 3.8) is 0 Å². The van der Waals surface area contributed by atoms with Crippen molar-refractivity contribution in [3.8, 4) is 28.5 Å². The highest BCUT2D eigenvalue weighted by Crippen LogP contribution is 2.41. The van der Waals surface area contributed by atoms with Crippen molar-refractivity contribution in [2.75, 3.05) is 33.8 Å². The molecular weight excluding hydrogens is 400 g/mol. The maximum absolute atomic E-state index is 12.4. The Hall–Kier alpha value is -3.39. The first kappa shape index (κ1) is 20.3. The van der Waals surface area contributed by atoms with Gasteiger partial charge in [-0.05, 0) is 12.1 Å². The molecule has 0 aliphatic carbocycles. The van der Waals surface area contributed by atoms with Gasteiger partial charge in [-0.3, -0.25) is 0 Å². The number of rotatable bonds is 7. The second-order valence-electron chi connectivity index (χ2n) is 5.78. The van der Waals surface area contributed by atoms with Crippen molar-refractivity contribution in [2.45, 2.75) is 0 Å². The smallest absolute Gasteiger partial charge is 0.345 e. The largest absolute Gasteiger partial charge is 0.493 e. The summed E-state index contributed by atoms with van der Waals surface area (Å²) in [6, 6.07) is 10.3. The van der Waals surface area contributed by atoms with E-state index in [-0.39, 0.29) is 11.4 Å². The van der Waals surface area contributed by atoms with Gasteiger partial charge in [0.05, 0.1) is 28.4 Å². The first-order valence-corrected chi connectivity index (χ1v) is 8.81. The number of aromatic nitrogens is 1. The average molecular weight is 419 g/mol. The Morgan fingerprint density at radius 1 is 1.03 bits per heavy atom. The third-order valence-corrected chi connectivity index (χ3v) is 4.34. The Bertz CT molecular complexity index is 1010. The van der Waals surface area contributed by atoms with Crippen LogP contribution in [0.25, 0.3) is 11.3 Å². The van der Waals surface area contributed by atoms with E-state index in [0.717, 1.165) is 0 Å². The summed E-state index contributed by atoms with van der Waals surface area (Å²) in [7, 11) is 5.80. The first-order valence-electron chi connectivity index (χ1n) is 8.43. The van der Waals surface area contributed by atoms with Crippen molar-refractivity contribution in [1.29, 1.82) is 0 Å². The minimum Gasteiger partial charge on any atom is -0.493 e. The van der Waals surface area contributed by atoms with Gasteiger partial charge in [0.15, 0.2) is 17.1 Å². The van der Waals surface area contributed by atoms with Crippen LogP contribution in [-0.2, 0) is 4.74 Å². The van der Waals surface area contributed by atoms with Gasteiger partial charge in [-0.15, -0.1) is 0 Å². The van der Waals surface area contributed by atoms with E-state index < -0.39 is 5.97 Å². The number of methoxy groups -OCH3 is 4. The lowest BCUT2D eigenvalue weighted by molar-refractivity contribution is 0.0602. The molecule has 2 aromatic carbocycles. The number of halogens is 1. The lowest BCUT2D eigenvalue weighted by Gasteiger charge is -2.14. The average Bonchev–Trinajstić information content (AvgIpc) is 3.15. The molecule has 0 spiro atoms. The predicted octanol–water partition coefficient (Wildman–Crippen LogP) is 4.55. The molecule has 1 N–H and O–H groups in total. The number of nitrogens with one attached hydrogen (secondary N) is 1. The van der Waals surface area contributed by atoms with Crippen LogP contribution in [0.4, 0.5) is 11.6 Å². The van der Waals surface area contributed by atoms with Crippen LogP contribution in [0.1, 0.15) is 10.4 Å². The van der Waals surface area contributed by atoms with E-state index in [1.807, 2.05) is 0 Å². The lowest BCUT2D eigenvalue weighted by atomic mass is 10.1. The molecule has 29 heavy (non-hydrogen) atoms. The SMILES string of the molecule is COC(=O)c1c(-c2cccc(Cl)c2)noc1Nc1cc(OC)c(OC)c(OC)c1.